The Labute approximate surface area is 203 Å². The van der Waals surface area contributed by atoms with Crippen molar-refractivity contribution in [3.05, 3.63) is 96.6 Å². The van der Waals surface area contributed by atoms with Crippen LogP contribution in [0.4, 0.5) is 5.00 Å². The van der Waals surface area contributed by atoms with E-state index in [4.69, 9.17) is 9.47 Å². The molecule has 0 saturated carbocycles. The van der Waals surface area contributed by atoms with E-state index in [0.717, 1.165) is 21.6 Å². The highest BCUT2D eigenvalue weighted by Crippen LogP contribution is 2.36. The summed E-state index contributed by atoms with van der Waals surface area (Å²) in [5, 5.41) is 3.29. The smallest absolute Gasteiger partial charge is 0.341 e. The van der Waals surface area contributed by atoms with E-state index < -0.39 is 12.1 Å². The predicted octanol–water partition coefficient (Wildman–Crippen LogP) is 6.66. The van der Waals surface area contributed by atoms with Crippen molar-refractivity contribution in [3.8, 4) is 27.3 Å². The Hall–Kier alpha value is -3.90. The fraction of sp³-hybridized carbons (Fsp3) is 0.143. The van der Waals surface area contributed by atoms with Crippen LogP contribution in [0.2, 0.25) is 0 Å². The number of benzene rings is 3. The van der Waals surface area contributed by atoms with Crippen LogP contribution in [0, 0.1) is 0 Å². The molecule has 1 unspecified atom stereocenters. The molecule has 0 spiro atoms. The number of hydrogen-bond acceptors (Lipinski definition) is 5. The SMILES string of the molecule is CCOC(=O)c1cc(-c2ccccc2)sc1NC(=O)C(C)Oc1ccc(-c2ccccc2)cc1. The Morgan fingerprint density at radius 2 is 1.44 bits per heavy atom. The van der Waals surface area contributed by atoms with Gasteiger partial charge in [-0.3, -0.25) is 4.79 Å². The van der Waals surface area contributed by atoms with Crippen LogP contribution in [0.1, 0.15) is 24.2 Å². The van der Waals surface area contributed by atoms with Crippen LogP contribution < -0.4 is 10.1 Å². The first-order valence-corrected chi connectivity index (χ1v) is 11.9. The molecule has 6 heteroatoms. The zero-order valence-electron chi connectivity index (χ0n) is 19.0. The van der Waals surface area contributed by atoms with Gasteiger partial charge in [0.15, 0.2) is 6.10 Å². The fourth-order valence-electron chi connectivity index (χ4n) is 3.42. The Kier molecular flexibility index (Phi) is 7.40. The molecule has 0 aliphatic heterocycles. The number of carbonyl (C=O) groups is 2. The summed E-state index contributed by atoms with van der Waals surface area (Å²) in [7, 11) is 0. The highest BCUT2D eigenvalue weighted by atomic mass is 32.1. The van der Waals surface area contributed by atoms with Crippen LogP contribution in [-0.4, -0.2) is 24.6 Å². The highest BCUT2D eigenvalue weighted by Gasteiger charge is 2.22. The third-order valence-electron chi connectivity index (χ3n) is 5.17. The number of amides is 1. The second kappa shape index (κ2) is 10.8. The maximum absolute atomic E-state index is 12.9. The molecule has 4 aromatic rings. The number of anilines is 1. The summed E-state index contributed by atoms with van der Waals surface area (Å²) in [6.45, 7) is 3.68. The van der Waals surface area contributed by atoms with Crippen LogP contribution in [0.25, 0.3) is 21.6 Å². The molecule has 1 amide bonds. The fourth-order valence-corrected chi connectivity index (χ4v) is 4.47. The molecular weight excluding hydrogens is 446 g/mol. The van der Waals surface area contributed by atoms with Gasteiger partial charge in [-0.2, -0.15) is 0 Å². The van der Waals surface area contributed by atoms with E-state index in [2.05, 4.69) is 5.32 Å². The van der Waals surface area contributed by atoms with Crippen LogP contribution in [0.3, 0.4) is 0 Å². The zero-order valence-corrected chi connectivity index (χ0v) is 19.8. The van der Waals surface area contributed by atoms with E-state index in [0.29, 0.717) is 16.3 Å². The molecule has 0 aliphatic carbocycles. The van der Waals surface area contributed by atoms with Gasteiger partial charge in [-0.15, -0.1) is 11.3 Å². The van der Waals surface area contributed by atoms with Gasteiger partial charge in [-0.05, 0) is 48.7 Å². The second-order valence-electron chi connectivity index (χ2n) is 7.58. The third-order valence-corrected chi connectivity index (χ3v) is 6.27. The molecular formula is C28H25NO4S. The van der Waals surface area contributed by atoms with E-state index >= 15 is 0 Å². The molecule has 3 aromatic carbocycles. The topological polar surface area (TPSA) is 64.6 Å². The Morgan fingerprint density at radius 3 is 2.06 bits per heavy atom. The van der Waals surface area contributed by atoms with Crippen LogP contribution in [0.15, 0.2) is 91.0 Å². The zero-order chi connectivity index (χ0) is 23.9. The molecule has 1 N–H and O–H groups in total. The maximum Gasteiger partial charge on any atom is 0.341 e. The molecule has 1 aromatic heterocycles. The van der Waals surface area contributed by atoms with E-state index in [1.54, 1.807) is 19.9 Å². The van der Waals surface area contributed by atoms with Gasteiger partial charge in [0.2, 0.25) is 0 Å². The lowest BCUT2D eigenvalue weighted by atomic mass is 10.1. The summed E-state index contributed by atoms with van der Waals surface area (Å²) in [6.07, 6.45) is -0.764. The number of rotatable bonds is 8. The number of nitrogens with one attached hydrogen (secondary N) is 1. The van der Waals surface area contributed by atoms with E-state index in [1.165, 1.54) is 11.3 Å². The van der Waals surface area contributed by atoms with Gasteiger partial charge in [-0.25, -0.2) is 4.79 Å². The minimum absolute atomic E-state index is 0.251. The van der Waals surface area contributed by atoms with Crippen LogP contribution in [-0.2, 0) is 9.53 Å². The highest BCUT2D eigenvalue weighted by molar-refractivity contribution is 7.20. The molecule has 172 valence electrons. The number of carbonyl (C=O) groups excluding carboxylic acids is 2. The first-order valence-electron chi connectivity index (χ1n) is 11.0. The lowest BCUT2D eigenvalue weighted by molar-refractivity contribution is -0.122. The minimum atomic E-state index is -0.764. The largest absolute Gasteiger partial charge is 0.481 e. The lowest BCUT2D eigenvalue weighted by Crippen LogP contribution is -2.30. The summed E-state index contributed by atoms with van der Waals surface area (Å²) >= 11 is 1.33. The molecule has 34 heavy (non-hydrogen) atoms. The van der Waals surface area contributed by atoms with Crippen molar-refractivity contribution in [3.63, 3.8) is 0 Å². The first kappa shape index (κ1) is 23.3. The van der Waals surface area contributed by atoms with Gasteiger partial charge in [0, 0.05) is 4.88 Å². The quantitative estimate of drug-likeness (QED) is 0.292. The molecule has 4 rings (SSSR count). The molecule has 0 radical (unpaired) electrons. The summed E-state index contributed by atoms with van der Waals surface area (Å²) < 4.78 is 11.0. The van der Waals surface area contributed by atoms with Gasteiger partial charge in [-0.1, -0.05) is 72.8 Å². The predicted molar refractivity (Wildman–Crippen MR) is 136 cm³/mol. The second-order valence-corrected chi connectivity index (χ2v) is 8.63. The third kappa shape index (κ3) is 5.53. The Balaban J connectivity index is 1.48. The van der Waals surface area contributed by atoms with Crippen molar-refractivity contribution in [1.82, 2.24) is 0 Å². The monoisotopic (exact) mass is 471 g/mol. The first-order chi connectivity index (χ1) is 16.5. The minimum Gasteiger partial charge on any atom is -0.481 e. The summed E-state index contributed by atoms with van der Waals surface area (Å²) in [5.74, 6) is -0.232. The molecule has 5 nitrogen and oxygen atoms in total. The average Bonchev–Trinajstić information content (AvgIpc) is 3.29. The van der Waals surface area contributed by atoms with Crippen molar-refractivity contribution in [2.75, 3.05) is 11.9 Å². The molecule has 0 saturated heterocycles. The van der Waals surface area contributed by atoms with Crippen LogP contribution in [0.5, 0.6) is 5.75 Å². The number of esters is 1. The summed E-state index contributed by atoms with van der Waals surface area (Å²) in [4.78, 5) is 26.3. The normalized spacial score (nSPS) is 11.5. The number of hydrogen-bond donors (Lipinski definition) is 1. The van der Waals surface area contributed by atoms with Crippen molar-refractivity contribution in [2.24, 2.45) is 0 Å². The van der Waals surface area contributed by atoms with E-state index in [1.807, 2.05) is 84.9 Å². The molecule has 1 heterocycles. The number of thiophene rings is 1. The van der Waals surface area contributed by atoms with Gasteiger partial charge in [0.05, 0.1) is 12.2 Å². The molecule has 0 aliphatic rings. The lowest BCUT2D eigenvalue weighted by Gasteiger charge is -2.15. The number of ether oxygens (including phenoxy) is 2. The molecule has 1 atom stereocenters. The van der Waals surface area contributed by atoms with E-state index in [-0.39, 0.29) is 12.5 Å². The van der Waals surface area contributed by atoms with Crippen molar-refractivity contribution >= 4 is 28.2 Å². The molecule has 0 bridgehead atoms. The molecule has 0 fully saturated rings. The Morgan fingerprint density at radius 1 is 0.853 bits per heavy atom. The summed E-state index contributed by atoms with van der Waals surface area (Å²) in [6, 6.07) is 29.1. The van der Waals surface area contributed by atoms with E-state index in [9.17, 15) is 9.59 Å². The van der Waals surface area contributed by atoms with Crippen LogP contribution >= 0.6 is 11.3 Å². The average molecular weight is 472 g/mol. The van der Waals surface area contributed by atoms with Gasteiger partial charge in [0.25, 0.3) is 5.91 Å². The Bertz CT molecular complexity index is 1250. The van der Waals surface area contributed by atoms with Gasteiger partial charge < -0.3 is 14.8 Å². The maximum atomic E-state index is 12.9. The van der Waals surface area contributed by atoms with Gasteiger partial charge >= 0.3 is 5.97 Å². The van der Waals surface area contributed by atoms with Crippen molar-refractivity contribution < 1.29 is 19.1 Å². The van der Waals surface area contributed by atoms with Crippen molar-refractivity contribution in [1.29, 1.82) is 0 Å². The summed E-state index contributed by atoms with van der Waals surface area (Å²) in [5.41, 5.74) is 3.47. The van der Waals surface area contributed by atoms with Gasteiger partial charge in [0.1, 0.15) is 10.8 Å². The van der Waals surface area contributed by atoms with Crippen molar-refractivity contribution in [2.45, 2.75) is 20.0 Å². The standard InChI is InChI=1S/C28H25NO4S/c1-3-32-28(31)24-18-25(22-12-8-5-9-13-22)34-27(24)29-26(30)19(2)33-23-16-14-21(15-17-23)20-10-6-4-7-11-20/h4-19H,3H2,1-2H3,(H,29,30).